The van der Waals surface area contributed by atoms with Crippen LogP contribution in [0.2, 0.25) is 0 Å². The van der Waals surface area contributed by atoms with Crippen LogP contribution in [0.4, 0.5) is 0 Å². The highest BCUT2D eigenvalue weighted by atomic mass is 16.5. The Balaban J connectivity index is 1.60. The fourth-order valence-corrected chi connectivity index (χ4v) is 3.57. The molecule has 28 heavy (non-hydrogen) atoms. The number of aliphatic hydroxyl groups excluding tert-OH is 1. The number of aromatic nitrogens is 3. The number of pyridine rings is 1. The van der Waals surface area contributed by atoms with Gasteiger partial charge in [-0.25, -0.2) is 0 Å². The Morgan fingerprint density at radius 1 is 1.29 bits per heavy atom. The second kappa shape index (κ2) is 7.82. The summed E-state index contributed by atoms with van der Waals surface area (Å²) in [7, 11) is 1.60. The van der Waals surface area contributed by atoms with E-state index in [-0.39, 0.29) is 24.0 Å². The van der Waals surface area contributed by atoms with E-state index in [0.29, 0.717) is 29.8 Å². The van der Waals surface area contributed by atoms with Crippen molar-refractivity contribution in [3.63, 3.8) is 0 Å². The molecule has 3 N–H and O–H groups in total. The minimum atomic E-state index is -0.311. The number of carbonyl (C=O) groups excluding carboxylic acids is 1. The van der Waals surface area contributed by atoms with Crippen LogP contribution in [0.15, 0.2) is 54.9 Å². The first kappa shape index (κ1) is 18.2. The number of H-pyrrole nitrogens is 1. The number of benzene rings is 1. The van der Waals surface area contributed by atoms with E-state index >= 15 is 0 Å². The number of ether oxygens (including phenoxy) is 1. The Morgan fingerprint density at radius 2 is 2.14 bits per heavy atom. The SMILES string of the molecule is COc1cccc(-c2[nH]ncc2C(=O)N[C@H](c2ccccn2)C2CC(O)C2)c1. The molecule has 2 aromatic heterocycles. The van der Waals surface area contributed by atoms with Gasteiger partial charge in [0.2, 0.25) is 0 Å². The standard InChI is InChI=1S/C21H22N4O3/c1-28-16-6-4-5-13(11-16)19-17(12-23-25-19)21(27)24-20(14-9-15(26)10-14)18-7-2-3-8-22-18/h2-8,11-12,14-15,20,26H,9-10H2,1H3,(H,23,25)(H,24,27)/t14?,15?,20-/m0/s1. The van der Waals surface area contributed by atoms with Gasteiger partial charge in [0.05, 0.1) is 42.4 Å². The van der Waals surface area contributed by atoms with Gasteiger partial charge in [-0.3, -0.25) is 14.9 Å². The van der Waals surface area contributed by atoms with Gasteiger partial charge >= 0.3 is 0 Å². The molecule has 1 saturated carbocycles. The molecule has 1 aliphatic carbocycles. The van der Waals surface area contributed by atoms with Crippen LogP contribution >= 0.6 is 0 Å². The van der Waals surface area contributed by atoms with Crippen LogP contribution < -0.4 is 10.1 Å². The van der Waals surface area contributed by atoms with Crippen molar-refractivity contribution in [2.75, 3.05) is 7.11 Å². The lowest BCUT2D eigenvalue weighted by Crippen LogP contribution is -2.41. The van der Waals surface area contributed by atoms with Crippen molar-refractivity contribution < 1.29 is 14.6 Å². The fraction of sp³-hybridized carbons (Fsp3) is 0.286. The Kier molecular flexibility index (Phi) is 5.08. The Labute approximate surface area is 162 Å². The highest BCUT2D eigenvalue weighted by Crippen LogP contribution is 2.37. The molecule has 0 bridgehead atoms. The number of carbonyl (C=O) groups is 1. The quantitative estimate of drug-likeness (QED) is 0.612. The summed E-state index contributed by atoms with van der Waals surface area (Å²) in [4.78, 5) is 17.5. The highest BCUT2D eigenvalue weighted by Gasteiger charge is 2.36. The fourth-order valence-electron chi connectivity index (χ4n) is 3.57. The molecule has 3 aromatic rings. The number of nitrogens with zero attached hydrogens (tertiary/aromatic N) is 2. The third kappa shape index (κ3) is 3.61. The zero-order valence-corrected chi connectivity index (χ0v) is 15.5. The smallest absolute Gasteiger partial charge is 0.255 e. The van der Waals surface area contributed by atoms with Gasteiger partial charge in [0.25, 0.3) is 5.91 Å². The molecule has 7 heteroatoms. The molecule has 1 fully saturated rings. The summed E-state index contributed by atoms with van der Waals surface area (Å²) in [5.41, 5.74) is 2.69. The topological polar surface area (TPSA) is 100 Å². The minimum absolute atomic E-state index is 0.154. The van der Waals surface area contributed by atoms with Gasteiger partial charge in [-0.2, -0.15) is 5.10 Å². The van der Waals surface area contributed by atoms with Crippen LogP contribution in [0.3, 0.4) is 0 Å². The summed E-state index contributed by atoms with van der Waals surface area (Å²) < 4.78 is 5.27. The second-order valence-corrected chi connectivity index (χ2v) is 6.98. The van der Waals surface area contributed by atoms with E-state index in [2.05, 4.69) is 20.5 Å². The molecule has 2 heterocycles. The summed E-state index contributed by atoms with van der Waals surface area (Å²) in [6.07, 6.45) is 4.22. The minimum Gasteiger partial charge on any atom is -0.497 e. The zero-order valence-electron chi connectivity index (χ0n) is 15.5. The van der Waals surface area contributed by atoms with E-state index in [1.54, 1.807) is 13.3 Å². The Hall–Kier alpha value is -3.19. The van der Waals surface area contributed by atoms with Crippen molar-refractivity contribution in [2.45, 2.75) is 25.0 Å². The van der Waals surface area contributed by atoms with Crippen molar-refractivity contribution in [3.8, 4) is 17.0 Å². The van der Waals surface area contributed by atoms with Gasteiger partial charge in [-0.15, -0.1) is 0 Å². The number of hydrogen-bond acceptors (Lipinski definition) is 5. The van der Waals surface area contributed by atoms with Crippen LogP contribution in [-0.4, -0.2) is 39.4 Å². The van der Waals surface area contributed by atoms with Crippen molar-refractivity contribution in [1.82, 2.24) is 20.5 Å². The molecule has 0 radical (unpaired) electrons. The summed E-state index contributed by atoms with van der Waals surface area (Å²) in [5, 5.41) is 19.8. The Bertz CT molecular complexity index is 951. The number of amides is 1. The lowest BCUT2D eigenvalue weighted by atomic mass is 9.76. The predicted molar refractivity (Wildman–Crippen MR) is 104 cm³/mol. The molecule has 0 unspecified atom stereocenters. The van der Waals surface area contributed by atoms with E-state index in [4.69, 9.17) is 4.74 Å². The molecule has 7 nitrogen and oxygen atoms in total. The van der Waals surface area contributed by atoms with Gasteiger partial charge in [-0.05, 0) is 43.0 Å². The molecule has 144 valence electrons. The van der Waals surface area contributed by atoms with E-state index in [0.717, 1.165) is 11.3 Å². The molecule has 1 atom stereocenters. The summed E-state index contributed by atoms with van der Waals surface area (Å²) in [5.74, 6) is 0.623. The van der Waals surface area contributed by atoms with Gasteiger partial charge in [0, 0.05) is 11.8 Å². The number of rotatable bonds is 6. The molecule has 4 rings (SSSR count). The molecule has 0 spiro atoms. The lowest BCUT2D eigenvalue weighted by Gasteiger charge is -2.37. The molecule has 0 saturated heterocycles. The molecular weight excluding hydrogens is 356 g/mol. The van der Waals surface area contributed by atoms with Gasteiger partial charge in [0.1, 0.15) is 5.75 Å². The van der Waals surface area contributed by atoms with Crippen molar-refractivity contribution in [2.24, 2.45) is 5.92 Å². The number of nitrogens with one attached hydrogen (secondary N) is 2. The maximum Gasteiger partial charge on any atom is 0.255 e. The maximum absolute atomic E-state index is 13.1. The van der Waals surface area contributed by atoms with Crippen molar-refractivity contribution >= 4 is 5.91 Å². The molecule has 1 aliphatic rings. The molecular formula is C21H22N4O3. The highest BCUT2D eigenvalue weighted by molar-refractivity contribution is 6.00. The largest absolute Gasteiger partial charge is 0.497 e. The van der Waals surface area contributed by atoms with Crippen LogP contribution in [0.1, 0.15) is 34.9 Å². The Morgan fingerprint density at radius 3 is 2.86 bits per heavy atom. The van der Waals surface area contributed by atoms with Crippen LogP contribution in [0.5, 0.6) is 5.75 Å². The molecule has 0 aliphatic heterocycles. The van der Waals surface area contributed by atoms with Gasteiger partial charge in [0.15, 0.2) is 0 Å². The van der Waals surface area contributed by atoms with E-state index < -0.39 is 0 Å². The van der Waals surface area contributed by atoms with Crippen molar-refractivity contribution in [3.05, 3.63) is 66.1 Å². The molecule has 1 amide bonds. The number of aliphatic hydroxyl groups is 1. The molecule has 1 aromatic carbocycles. The normalized spacial score (nSPS) is 19.5. The summed E-state index contributed by atoms with van der Waals surface area (Å²) >= 11 is 0. The third-order valence-electron chi connectivity index (χ3n) is 5.16. The first-order valence-corrected chi connectivity index (χ1v) is 9.23. The van der Waals surface area contributed by atoms with E-state index in [1.807, 2.05) is 42.5 Å². The first-order valence-electron chi connectivity index (χ1n) is 9.23. The monoisotopic (exact) mass is 378 g/mol. The van der Waals surface area contributed by atoms with E-state index in [9.17, 15) is 9.90 Å². The number of hydrogen-bond donors (Lipinski definition) is 3. The van der Waals surface area contributed by atoms with Crippen molar-refractivity contribution in [1.29, 1.82) is 0 Å². The first-order chi connectivity index (χ1) is 13.7. The van der Waals surface area contributed by atoms with Crippen LogP contribution in [0.25, 0.3) is 11.3 Å². The number of methoxy groups -OCH3 is 1. The maximum atomic E-state index is 13.1. The van der Waals surface area contributed by atoms with Crippen LogP contribution in [0, 0.1) is 5.92 Å². The lowest BCUT2D eigenvalue weighted by molar-refractivity contribution is 0.0228. The average Bonchev–Trinajstić information content (AvgIpc) is 3.20. The van der Waals surface area contributed by atoms with Gasteiger partial charge < -0.3 is 15.2 Å². The third-order valence-corrected chi connectivity index (χ3v) is 5.16. The van der Waals surface area contributed by atoms with Crippen LogP contribution in [-0.2, 0) is 0 Å². The second-order valence-electron chi connectivity index (χ2n) is 6.98. The summed E-state index contributed by atoms with van der Waals surface area (Å²) in [6, 6.07) is 12.8. The average molecular weight is 378 g/mol. The summed E-state index contributed by atoms with van der Waals surface area (Å²) in [6.45, 7) is 0. The van der Waals surface area contributed by atoms with E-state index in [1.165, 1.54) is 6.20 Å². The number of aromatic amines is 1. The predicted octanol–water partition coefficient (Wildman–Crippen LogP) is 2.72. The zero-order chi connectivity index (χ0) is 19.5. The van der Waals surface area contributed by atoms with Gasteiger partial charge in [-0.1, -0.05) is 18.2 Å².